The van der Waals surface area contributed by atoms with Crippen molar-refractivity contribution in [3.8, 4) is 0 Å². The molecule has 0 N–H and O–H groups in total. The second-order valence-electron chi connectivity index (χ2n) is 5.71. The smallest absolute Gasteiger partial charge is 0.338 e. The average Bonchev–Trinajstić information content (AvgIpc) is 3.06. The lowest BCUT2D eigenvalue weighted by Gasteiger charge is -2.20. The van der Waals surface area contributed by atoms with E-state index in [0.717, 1.165) is 9.80 Å². The van der Waals surface area contributed by atoms with Crippen LogP contribution in [0.15, 0.2) is 24.3 Å². The van der Waals surface area contributed by atoms with Crippen molar-refractivity contribution in [1.82, 2.24) is 4.90 Å². The molecule has 1 aromatic rings. The zero-order valence-corrected chi connectivity index (χ0v) is 13.6. The molecule has 130 valence electrons. The molecule has 0 aliphatic carbocycles. The van der Waals surface area contributed by atoms with E-state index in [1.165, 1.54) is 24.3 Å². The summed E-state index contributed by atoms with van der Waals surface area (Å²) < 4.78 is 4.88. The van der Waals surface area contributed by atoms with E-state index in [4.69, 9.17) is 4.74 Å². The minimum absolute atomic E-state index is 0.0606. The van der Waals surface area contributed by atoms with E-state index in [9.17, 15) is 24.0 Å². The van der Waals surface area contributed by atoms with Crippen molar-refractivity contribution in [2.45, 2.75) is 32.2 Å². The molecule has 25 heavy (non-hydrogen) atoms. The first-order valence-electron chi connectivity index (χ1n) is 7.93. The van der Waals surface area contributed by atoms with Crippen LogP contribution in [0.25, 0.3) is 0 Å². The molecule has 0 aromatic heterocycles. The topological polar surface area (TPSA) is 101 Å². The maximum atomic E-state index is 12.6. The highest BCUT2D eigenvalue weighted by molar-refractivity contribution is 6.24. The number of anilines is 1. The highest BCUT2D eigenvalue weighted by Gasteiger charge is 2.48. The molecule has 0 bridgehead atoms. The second-order valence-corrected chi connectivity index (χ2v) is 5.71. The van der Waals surface area contributed by atoms with Crippen LogP contribution in [0.4, 0.5) is 5.69 Å². The number of hydrogen-bond acceptors (Lipinski definition) is 6. The molecule has 0 spiro atoms. The van der Waals surface area contributed by atoms with Gasteiger partial charge < -0.3 is 4.74 Å². The Morgan fingerprint density at radius 1 is 1.04 bits per heavy atom. The maximum Gasteiger partial charge on any atom is 0.338 e. The molecule has 2 aliphatic rings. The van der Waals surface area contributed by atoms with Gasteiger partial charge in [-0.1, -0.05) is 0 Å². The summed E-state index contributed by atoms with van der Waals surface area (Å²) in [5.41, 5.74) is 0.579. The Morgan fingerprint density at radius 2 is 1.64 bits per heavy atom. The van der Waals surface area contributed by atoms with Crippen molar-refractivity contribution in [1.29, 1.82) is 0 Å². The number of nitrogens with zero attached hydrogens (tertiary/aromatic N) is 2. The number of rotatable bonds is 4. The predicted octanol–water partition coefficient (Wildman–Crippen LogP) is 0.644. The van der Waals surface area contributed by atoms with Crippen molar-refractivity contribution < 1.29 is 28.7 Å². The maximum absolute atomic E-state index is 12.6. The third kappa shape index (κ3) is 2.90. The highest BCUT2D eigenvalue weighted by atomic mass is 16.5. The van der Waals surface area contributed by atoms with Crippen LogP contribution in [0.5, 0.6) is 0 Å². The fourth-order valence-corrected chi connectivity index (χ4v) is 2.99. The Kier molecular flexibility index (Phi) is 4.35. The molecule has 1 atom stereocenters. The molecule has 4 amide bonds. The molecule has 3 rings (SSSR count). The van der Waals surface area contributed by atoms with Crippen LogP contribution in [-0.2, 0) is 23.9 Å². The number of hydrogen-bond donors (Lipinski definition) is 0. The molecule has 2 heterocycles. The van der Waals surface area contributed by atoms with Crippen LogP contribution < -0.4 is 4.90 Å². The number of esters is 1. The second kappa shape index (κ2) is 6.46. The minimum atomic E-state index is -1.08. The van der Waals surface area contributed by atoms with Crippen LogP contribution in [0.3, 0.4) is 0 Å². The number of imide groups is 2. The normalized spacial score (nSPS) is 20.6. The number of likely N-dealkylation sites (tertiary alicyclic amines) is 1. The third-order valence-corrected chi connectivity index (χ3v) is 4.16. The van der Waals surface area contributed by atoms with Gasteiger partial charge in [0.25, 0.3) is 5.91 Å². The summed E-state index contributed by atoms with van der Waals surface area (Å²) in [6, 6.07) is 4.73. The largest absolute Gasteiger partial charge is 0.462 e. The molecule has 0 radical (unpaired) electrons. The van der Waals surface area contributed by atoms with Gasteiger partial charge in [-0.05, 0) is 31.2 Å². The highest BCUT2D eigenvalue weighted by Crippen LogP contribution is 2.28. The monoisotopic (exact) mass is 344 g/mol. The summed E-state index contributed by atoms with van der Waals surface area (Å²) in [4.78, 5) is 62.0. The molecular weight excluding hydrogens is 328 g/mol. The van der Waals surface area contributed by atoms with Gasteiger partial charge in [-0.2, -0.15) is 0 Å². The van der Waals surface area contributed by atoms with E-state index in [1.807, 2.05) is 0 Å². The van der Waals surface area contributed by atoms with Gasteiger partial charge >= 0.3 is 5.97 Å². The molecule has 2 saturated heterocycles. The van der Waals surface area contributed by atoms with E-state index >= 15 is 0 Å². The zero-order valence-electron chi connectivity index (χ0n) is 13.6. The zero-order chi connectivity index (χ0) is 18.1. The van der Waals surface area contributed by atoms with Gasteiger partial charge in [0.05, 0.1) is 24.3 Å². The van der Waals surface area contributed by atoms with E-state index in [2.05, 4.69) is 0 Å². The van der Waals surface area contributed by atoms with E-state index < -0.39 is 35.6 Å². The summed E-state index contributed by atoms with van der Waals surface area (Å²) in [7, 11) is 0. The summed E-state index contributed by atoms with van der Waals surface area (Å²) >= 11 is 0. The lowest BCUT2D eigenvalue weighted by atomic mass is 10.2. The number of carbonyl (C=O) groups is 5. The number of ether oxygens (including phenoxy) is 1. The third-order valence-electron chi connectivity index (χ3n) is 4.16. The summed E-state index contributed by atoms with van der Waals surface area (Å²) in [6.45, 7) is 1.93. The van der Waals surface area contributed by atoms with Crippen molar-refractivity contribution in [3.05, 3.63) is 29.8 Å². The van der Waals surface area contributed by atoms with Gasteiger partial charge in [0.15, 0.2) is 0 Å². The van der Waals surface area contributed by atoms with Crippen LogP contribution >= 0.6 is 0 Å². The lowest BCUT2D eigenvalue weighted by molar-refractivity contribution is -0.144. The summed E-state index contributed by atoms with van der Waals surface area (Å²) in [5.74, 6) is -2.48. The summed E-state index contributed by atoms with van der Waals surface area (Å²) in [6.07, 6.45) is -0.105. The molecule has 1 aromatic carbocycles. The number of carbonyl (C=O) groups excluding carboxylic acids is 5. The minimum Gasteiger partial charge on any atom is -0.462 e. The Bertz CT molecular complexity index is 754. The number of benzene rings is 1. The number of amides is 4. The Labute approximate surface area is 143 Å². The quantitative estimate of drug-likeness (QED) is 0.587. The Balaban J connectivity index is 1.82. The molecule has 0 saturated carbocycles. The first-order valence-corrected chi connectivity index (χ1v) is 7.93. The van der Waals surface area contributed by atoms with E-state index in [1.54, 1.807) is 6.92 Å². The predicted molar refractivity (Wildman–Crippen MR) is 84.4 cm³/mol. The first-order chi connectivity index (χ1) is 11.9. The SMILES string of the molecule is CCOC(=O)c1ccc(N2C(=O)C[C@H](N3C(=O)CCC3=O)C2=O)cc1. The molecule has 8 heteroatoms. The van der Waals surface area contributed by atoms with Crippen molar-refractivity contribution in [2.75, 3.05) is 11.5 Å². The van der Waals surface area contributed by atoms with Crippen molar-refractivity contribution in [3.63, 3.8) is 0 Å². The molecule has 0 unspecified atom stereocenters. The lowest BCUT2D eigenvalue weighted by Crippen LogP contribution is -2.44. The van der Waals surface area contributed by atoms with Crippen molar-refractivity contribution in [2.24, 2.45) is 0 Å². The molecular formula is C17H16N2O6. The van der Waals surface area contributed by atoms with Crippen LogP contribution in [-0.4, -0.2) is 47.1 Å². The molecule has 2 fully saturated rings. The van der Waals surface area contributed by atoms with Gasteiger partial charge in [0.1, 0.15) is 6.04 Å². The standard InChI is InChI=1S/C17H16N2O6/c1-2-25-17(24)10-3-5-11(6-4-10)18-15(22)9-12(16(18)23)19-13(20)7-8-14(19)21/h3-6,12H,2,7-9H2,1H3/t12-/m0/s1. The van der Waals surface area contributed by atoms with Gasteiger partial charge in [0.2, 0.25) is 17.7 Å². The van der Waals surface area contributed by atoms with E-state index in [0.29, 0.717) is 5.56 Å². The van der Waals surface area contributed by atoms with Gasteiger partial charge in [-0.25, -0.2) is 9.69 Å². The summed E-state index contributed by atoms with van der Waals surface area (Å²) in [5, 5.41) is 0. The molecule has 8 nitrogen and oxygen atoms in total. The fourth-order valence-electron chi connectivity index (χ4n) is 2.99. The van der Waals surface area contributed by atoms with Crippen LogP contribution in [0, 0.1) is 0 Å². The van der Waals surface area contributed by atoms with E-state index in [-0.39, 0.29) is 31.6 Å². The first kappa shape index (κ1) is 16.8. The Hall–Kier alpha value is -3.03. The van der Waals surface area contributed by atoms with Crippen LogP contribution in [0.1, 0.15) is 36.5 Å². The average molecular weight is 344 g/mol. The van der Waals surface area contributed by atoms with Crippen molar-refractivity contribution >= 4 is 35.3 Å². The van der Waals surface area contributed by atoms with Gasteiger partial charge in [0, 0.05) is 12.8 Å². The van der Waals surface area contributed by atoms with Crippen LogP contribution in [0.2, 0.25) is 0 Å². The molecule has 2 aliphatic heterocycles. The Morgan fingerprint density at radius 3 is 2.20 bits per heavy atom. The van der Waals surface area contributed by atoms with Gasteiger partial charge in [-0.15, -0.1) is 0 Å². The fraction of sp³-hybridized carbons (Fsp3) is 0.353. The van der Waals surface area contributed by atoms with Gasteiger partial charge in [-0.3, -0.25) is 24.1 Å².